The molecule has 0 N–H and O–H groups in total. The normalized spacial score (nSPS) is 10.9. The molecule has 0 saturated carbocycles. The molecule has 0 bridgehead atoms. The van der Waals surface area contributed by atoms with E-state index < -0.39 is 0 Å². The Bertz CT molecular complexity index is 733. The van der Waals surface area contributed by atoms with E-state index >= 15 is 0 Å². The molecule has 1 heterocycles. The summed E-state index contributed by atoms with van der Waals surface area (Å²) < 4.78 is 0. The highest BCUT2D eigenvalue weighted by atomic mass is 14.6. The van der Waals surface area contributed by atoms with E-state index in [0.29, 0.717) is 0 Å². The van der Waals surface area contributed by atoms with Gasteiger partial charge in [0.25, 0.3) is 0 Å². The molecule has 0 saturated heterocycles. The van der Waals surface area contributed by atoms with Crippen molar-refractivity contribution in [2.45, 2.75) is 20.8 Å². The average molecular weight is 247 g/mol. The fraction of sp³-hybridized carbons (Fsp3) is 0.167. The second-order valence-electron chi connectivity index (χ2n) is 5.18. The summed E-state index contributed by atoms with van der Waals surface area (Å²) in [6.45, 7) is 6.51. The monoisotopic (exact) mass is 247 g/mol. The second-order valence-corrected chi connectivity index (χ2v) is 5.18. The Morgan fingerprint density at radius 3 is 2.32 bits per heavy atom. The van der Waals surface area contributed by atoms with E-state index in [4.69, 9.17) is 0 Å². The number of aryl methyl sites for hydroxylation is 3. The number of benzene rings is 2. The summed E-state index contributed by atoms with van der Waals surface area (Å²) in [5.74, 6) is 0. The minimum atomic E-state index is 1.05. The predicted octanol–water partition coefficient (Wildman–Crippen LogP) is 4.83. The third-order valence-corrected chi connectivity index (χ3v) is 3.57. The van der Waals surface area contributed by atoms with Crippen LogP contribution in [0.5, 0.6) is 0 Å². The topological polar surface area (TPSA) is 12.9 Å². The van der Waals surface area contributed by atoms with E-state index in [2.05, 4.69) is 62.2 Å². The molecule has 0 fully saturated rings. The van der Waals surface area contributed by atoms with Crippen LogP contribution in [0.15, 0.2) is 48.7 Å². The summed E-state index contributed by atoms with van der Waals surface area (Å²) >= 11 is 0. The Kier molecular flexibility index (Phi) is 2.83. The zero-order valence-electron chi connectivity index (χ0n) is 11.6. The highest BCUT2D eigenvalue weighted by molar-refractivity contribution is 5.85. The second kappa shape index (κ2) is 4.51. The maximum Gasteiger partial charge on any atom is 0.0702 e. The van der Waals surface area contributed by atoms with Gasteiger partial charge in [-0.25, -0.2) is 0 Å². The number of rotatable bonds is 1. The van der Waals surface area contributed by atoms with Gasteiger partial charge in [0.1, 0.15) is 0 Å². The Morgan fingerprint density at radius 2 is 1.58 bits per heavy atom. The van der Waals surface area contributed by atoms with Crippen molar-refractivity contribution in [2.75, 3.05) is 0 Å². The van der Waals surface area contributed by atoms with E-state index in [1.54, 1.807) is 0 Å². The van der Waals surface area contributed by atoms with Crippen molar-refractivity contribution in [3.8, 4) is 11.1 Å². The molecular weight excluding hydrogens is 230 g/mol. The molecule has 0 atom stereocenters. The van der Waals surface area contributed by atoms with Crippen LogP contribution >= 0.6 is 0 Å². The summed E-state index contributed by atoms with van der Waals surface area (Å²) in [5, 5.41) is 1.19. The molecule has 19 heavy (non-hydrogen) atoms. The standard InChI is InChI=1S/C18H17N/c1-12-9-13(2)18(14(3)10-12)16-6-7-17-15(11-16)5-4-8-19-17/h4-11H,1-3H3. The first-order valence-electron chi connectivity index (χ1n) is 6.58. The first-order valence-corrected chi connectivity index (χ1v) is 6.58. The first-order chi connectivity index (χ1) is 9.15. The zero-order valence-corrected chi connectivity index (χ0v) is 11.6. The highest BCUT2D eigenvalue weighted by Gasteiger charge is 2.07. The van der Waals surface area contributed by atoms with Crippen molar-refractivity contribution in [3.05, 3.63) is 65.4 Å². The Labute approximate surface area is 113 Å². The summed E-state index contributed by atoms with van der Waals surface area (Å²) in [7, 11) is 0. The molecule has 0 amide bonds. The Hall–Kier alpha value is -2.15. The smallest absolute Gasteiger partial charge is 0.0702 e. The first kappa shape index (κ1) is 11.9. The molecule has 0 radical (unpaired) electrons. The molecule has 0 aliphatic carbocycles. The van der Waals surface area contributed by atoms with Crippen molar-refractivity contribution in [3.63, 3.8) is 0 Å². The van der Waals surface area contributed by atoms with Gasteiger partial charge in [0, 0.05) is 11.6 Å². The fourth-order valence-electron chi connectivity index (χ4n) is 2.87. The van der Waals surface area contributed by atoms with Gasteiger partial charge >= 0.3 is 0 Å². The lowest BCUT2D eigenvalue weighted by Crippen LogP contribution is -1.90. The predicted molar refractivity (Wildman–Crippen MR) is 81.4 cm³/mol. The maximum atomic E-state index is 4.37. The largest absolute Gasteiger partial charge is 0.256 e. The van der Waals surface area contributed by atoms with E-state index in [1.165, 1.54) is 33.2 Å². The molecule has 3 rings (SSSR count). The van der Waals surface area contributed by atoms with E-state index in [1.807, 2.05) is 12.3 Å². The van der Waals surface area contributed by atoms with Gasteiger partial charge in [-0.2, -0.15) is 0 Å². The van der Waals surface area contributed by atoms with Crippen LogP contribution in [0, 0.1) is 20.8 Å². The van der Waals surface area contributed by atoms with Crippen molar-refractivity contribution < 1.29 is 0 Å². The van der Waals surface area contributed by atoms with Gasteiger partial charge in [0.2, 0.25) is 0 Å². The number of nitrogens with zero attached hydrogens (tertiary/aromatic N) is 1. The molecule has 0 aliphatic rings. The SMILES string of the molecule is Cc1cc(C)c(-c2ccc3ncccc3c2)c(C)c1. The Morgan fingerprint density at radius 1 is 0.842 bits per heavy atom. The van der Waals surface area contributed by atoms with Gasteiger partial charge in [0.05, 0.1) is 5.52 Å². The fourth-order valence-corrected chi connectivity index (χ4v) is 2.87. The summed E-state index contributed by atoms with van der Waals surface area (Å²) in [6.07, 6.45) is 1.84. The van der Waals surface area contributed by atoms with Crippen molar-refractivity contribution in [2.24, 2.45) is 0 Å². The van der Waals surface area contributed by atoms with Crippen molar-refractivity contribution in [1.82, 2.24) is 4.98 Å². The van der Waals surface area contributed by atoms with E-state index in [9.17, 15) is 0 Å². The van der Waals surface area contributed by atoms with Crippen LogP contribution in [0.1, 0.15) is 16.7 Å². The molecule has 1 aromatic heterocycles. The molecule has 94 valence electrons. The van der Waals surface area contributed by atoms with Gasteiger partial charge < -0.3 is 0 Å². The van der Waals surface area contributed by atoms with Crippen molar-refractivity contribution in [1.29, 1.82) is 0 Å². The number of hydrogen-bond donors (Lipinski definition) is 0. The number of aromatic nitrogens is 1. The van der Waals surface area contributed by atoms with E-state index in [-0.39, 0.29) is 0 Å². The van der Waals surface area contributed by atoms with Gasteiger partial charge in [-0.1, -0.05) is 29.8 Å². The van der Waals surface area contributed by atoms with Gasteiger partial charge in [-0.3, -0.25) is 4.98 Å². The molecular formula is C18H17N. The highest BCUT2D eigenvalue weighted by Crippen LogP contribution is 2.30. The van der Waals surface area contributed by atoms with Crippen LogP contribution in [0.3, 0.4) is 0 Å². The molecule has 0 unspecified atom stereocenters. The van der Waals surface area contributed by atoms with Crippen LogP contribution in [0.2, 0.25) is 0 Å². The maximum absolute atomic E-state index is 4.37. The van der Waals surface area contributed by atoms with Crippen molar-refractivity contribution >= 4 is 10.9 Å². The lowest BCUT2D eigenvalue weighted by atomic mass is 9.93. The zero-order chi connectivity index (χ0) is 13.4. The number of hydrogen-bond acceptors (Lipinski definition) is 1. The number of pyridine rings is 1. The molecule has 1 nitrogen and oxygen atoms in total. The summed E-state index contributed by atoms with van der Waals surface area (Å²) in [4.78, 5) is 4.37. The van der Waals surface area contributed by atoms with Gasteiger partial charge in [-0.05, 0) is 61.2 Å². The lowest BCUT2D eigenvalue weighted by Gasteiger charge is -2.12. The lowest BCUT2D eigenvalue weighted by molar-refractivity contribution is 1.32. The van der Waals surface area contributed by atoms with E-state index in [0.717, 1.165) is 5.52 Å². The summed E-state index contributed by atoms with van der Waals surface area (Å²) in [5.41, 5.74) is 7.66. The van der Waals surface area contributed by atoms with Crippen LogP contribution < -0.4 is 0 Å². The molecule has 0 aliphatic heterocycles. The van der Waals surface area contributed by atoms with Crippen LogP contribution in [-0.2, 0) is 0 Å². The number of fused-ring (bicyclic) bond motifs is 1. The van der Waals surface area contributed by atoms with Crippen LogP contribution in [0.25, 0.3) is 22.0 Å². The quantitative estimate of drug-likeness (QED) is 0.600. The summed E-state index contributed by atoms with van der Waals surface area (Å²) in [6, 6.07) is 15.1. The third-order valence-electron chi connectivity index (χ3n) is 3.57. The molecule has 2 aromatic carbocycles. The van der Waals surface area contributed by atoms with Gasteiger partial charge in [0.15, 0.2) is 0 Å². The molecule has 3 aromatic rings. The minimum Gasteiger partial charge on any atom is -0.256 e. The molecule has 0 spiro atoms. The average Bonchev–Trinajstić information content (AvgIpc) is 2.37. The van der Waals surface area contributed by atoms with Crippen LogP contribution in [0.4, 0.5) is 0 Å². The van der Waals surface area contributed by atoms with Gasteiger partial charge in [-0.15, -0.1) is 0 Å². The Balaban J connectivity index is 2.25. The van der Waals surface area contributed by atoms with Crippen LogP contribution in [-0.4, -0.2) is 4.98 Å². The third kappa shape index (κ3) is 2.12. The minimum absolute atomic E-state index is 1.05. The molecule has 1 heteroatoms.